The first kappa shape index (κ1) is 18.1. The van der Waals surface area contributed by atoms with Gasteiger partial charge in [-0.2, -0.15) is 0 Å². The van der Waals surface area contributed by atoms with E-state index in [9.17, 15) is 15.0 Å². The van der Waals surface area contributed by atoms with Crippen LogP contribution in [-0.4, -0.2) is 37.5 Å². The van der Waals surface area contributed by atoms with Crippen LogP contribution in [0.5, 0.6) is 0 Å². The van der Waals surface area contributed by atoms with Crippen molar-refractivity contribution in [3.8, 4) is 0 Å². The van der Waals surface area contributed by atoms with Gasteiger partial charge in [0.15, 0.2) is 5.72 Å². The number of aromatic nitrogens is 2. The lowest BCUT2D eigenvalue weighted by Crippen LogP contribution is -2.55. The second-order valence-corrected chi connectivity index (χ2v) is 9.55. The van der Waals surface area contributed by atoms with Crippen molar-refractivity contribution < 1.29 is 19.7 Å². The van der Waals surface area contributed by atoms with Gasteiger partial charge in [-0.3, -0.25) is 4.79 Å². The number of amides is 1. The van der Waals surface area contributed by atoms with Gasteiger partial charge in [0.1, 0.15) is 12.3 Å². The smallest absolute Gasteiger partial charge is 0.252 e. The van der Waals surface area contributed by atoms with Gasteiger partial charge in [-0.05, 0) is 24.6 Å². The number of benzene rings is 3. The summed E-state index contributed by atoms with van der Waals surface area (Å²) in [6, 6.07) is 16.0. The van der Waals surface area contributed by atoms with E-state index in [-0.39, 0.29) is 12.3 Å². The van der Waals surface area contributed by atoms with Gasteiger partial charge in [0.25, 0.3) is 5.91 Å². The predicted octanol–water partition coefficient (Wildman–Crippen LogP) is 3.47. The fourth-order valence-electron chi connectivity index (χ4n) is 6.68. The Kier molecular flexibility index (Phi) is 3.05. The minimum absolute atomic E-state index is 0.0770. The Balaban J connectivity index is 1.77. The molecule has 0 unspecified atom stereocenters. The molecule has 7 heteroatoms. The number of hydrogen-bond donors (Lipinski definition) is 3. The van der Waals surface area contributed by atoms with Crippen LogP contribution in [-0.2, 0) is 17.0 Å². The molecule has 0 aliphatic carbocycles. The van der Waals surface area contributed by atoms with Crippen molar-refractivity contribution in [2.75, 3.05) is 0 Å². The normalized spacial score (nSPS) is 28.2. The van der Waals surface area contributed by atoms with Gasteiger partial charge < -0.3 is 29.4 Å². The van der Waals surface area contributed by atoms with Crippen LogP contribution in [0.2, 0.25) is 0 Å². The summed E-state index contributed by atoms with van der Waals surface area (Å²) >= 11 is 0. The fourth-order valence-corrected chi connectivity index (χ4v) is 6.68. The molecular formula is C26H21N3O4. The molecule has 3 aliphatic rings. The van der Waals surface area contributed by atoms with Gasteiger partial charge in [0.2, 0.25) is 0 Å². The van der Waals surface area contributed by atoms with Crippen molar-refractivity contribution in [1.29, 1.82) is 0 Å². The molecule has 3 aliphatic heterocycles. The van der Waals surface area contributed by atoms with Gasteiger partial charge in [0.05, 0.1) is 33.7 Å². The zero-order chi connectivity index (χ0) is 22.2. The van der Waals surface area contributed by atoms with Crippen LogP contribution in [0.4, 0.5) is 0 Å². The number of carbonyl (C=O) groups excluding carboxylic acids is 1. The summed E-state index contributed by atoms with van der Waals surface area (Å²) in [6.07, 6.45) is -1.97. The van der Waals surface area contributed by atoms with Gasteiger partial charge in [0, 0.05) is 34.5 Å². The average molecular weight is 439 g/mol. The van der Waals surface area contributed by atoms with E-state index in [4.69, 9.17) is 4.74 Å². The third-order valence-electron chi connectivity index (χ3n) is 7.96. The molecule has 2 bridgehead atoms. The molecule has 5 aromatic rings. The molecule has 3 N–H and O–H groups in total. The predicted molar refractivity (Wildman–Crippen MR) is 124 cm³/mol. The largest absolute Gasteiger partial charge is 0.385 e. The van der Waals surface area contributed by atoms with Crippen molar-refractivity contribution >= 4 is 49.5 Å². The molecule has 8 rings (SSSR count). The highest BCUT2D eigenvalue weighted by molar-refractivity contribution is 6.31. The quantitative estimate of drug-likeness (QED) is 0.345. The molecule has 4 atom stereocenters. The summed E-state index contributed by atoms with van der Waals surface area (Å²) in [6.45, 7) is 2.24. The zero-order valence-corrected chi connectivity index (χ0v) is 17.9. The Labute approximate surface area is 187 Å². The van der Waals surface area contributed by atoms with Crippen LogP contribution in [0.15, 0.2) is 48.5 Å². The number of hydrogen-bond acceptors (Lipinski definition) is 4. The van der Waals surface area contributed by atoms with Crippen LogP contribution < -0.4 is 5.32 Å². The SMILES string of the molecule is C[C@H]1O[C@@H]2C[C@](O)([C@@H]1O)n1c3ccccc3c3c4c(c5c6ccccc6n2c5c31)C(=O)NC4. The Hall–Kier alpha value is -3.39. The molecule has 0 radical (unpaired) electrons. The minimum atomic E-state index is -1.55. The van der Waals surface area contributed by atoms with Crippen LogP contribution in [0.25, 0.3) is 43.6 Å². The number of nitrogens with zero attached hydrogens (tertiary/aromatic N) is 2. The second kappa shape index (κ2) is 5.56. The lowest BCUT2D eigenvalue weighted by Gasteiger charge is -2.44. The third kappa shape index (κ3) is 1.85. The summed E-state index contributed by atoms with van der Waals surface area (Å²) in [5.74, 6) is -0.0770. The van der Waals surface area contributed by atoms with Gasteiger partial charge in [-0.25, -0.2) is 0 Å². The average Bonchev–Trinajstić information content (AvgIpc) is 3.45. The van der Waals surface area contributed by atoms with Gasteiger partial charge in [-0.15, -0.1) is 0 Å². The maximum absolute atomic E-state index is 13.2. The molecule has 1 saturated heterocycles. The molecule has 1 amide bonds. The highest BCUT2D eigenvalue weighted by Crippen LogP contribution is 2.53. The second-order valence-electron chi connectivity index (χ2n) is 9.55. The maximum Gasteiger partial charge on any atom is 0.252 e. The number of para-hydroxylation sites is 2. The first-order chi connectivity index (χ1) is 16.0. The van der Waals surface area contributed by atoms with Crippen molar-refractivity contribution in [2.45, 2.75) is 44.1 Å². The molecule has 33 heavy (non-hydrogen) atoms. The van der Waals surface area contributed by atoms with Crippen molar-refractivity contribution in [3.05, 3.63) is 59.7 Å². The first-order valence-electron chi connectivity index (χ1n) is 11.4. The van der Waals surface area contributed by atoms with Crippen molar-refractivity contribution in [3.63, 3.8) is 0 Å². The Morgan fingerprint density at radius 2 is 1.73 bits per heavy atom. The van der Waals surface area contributed by atoms with Gasteiger partial charge >= 0.3 is 0 Å². The zero-order valence-electron chi connectivity index (χ0n) is 17.9. The Morgan fingerprint density at radius 3 is 2.52 bits per heavy atom. The minimum Gasteiger partial charge on any atom is -0.385 e. The fraction of sp³-hybridized carbons (Fsp3) is 0.269. The van der Waals surface area contributed by atoms with Crippen molar-refractivity contribution in [2.24, 2.45) is 0 Å². The number of aliphatic hydroxyl groups excluding tert-OH is 1. The number of rotatable bonds is 0. The summed E-state index contributed by atoms with van der Waals surface area (Å²) in [5, 5.41) is 30.3. The summed E-state index contributed by atoms with van der Waals surface area (Å²) < 4.78 is 10.4. The number of ether oxygens (including phenoxy) is 1. The molecule has 1 fully saturated rings. The number of fused-ring (bicyclic) bond motifs is 13. The van der Waals surface area contributed by atoms with E-state index in [2.05, 4.69) is 9.88 Å². The molecule has 0 saturated carbocycles. The molecule has 3 aromatic carbocycles. The van der Waals surface area contributed by atoms with Gasteiger partial charge in [-0.1, -0.05) is 36.4 Å². The molecule has 0 spiro atoms. The Bertz CT molecular complexity index is 1710. The van der Waals surface area contributed by atoms with E-state index in [0.717, 1.165) is 49.2 Å². The summed E-state index contributed by atoms with van der Waals surface area (Å²) in [5.41, 5.74) is 3.61. The first-order valence-corrected chi connectivity index (χ1v) is 11.4. The number of aliphatic hydroxyl groups is 2. The van der Waals surface area contributed by atoms with E-state index < -0.39 is 24.2 Å². The van der Waals surface area contributed by atoms with E-state index in [0.29, 0.717) is 12.1 Å². The van der Waals surface area contributed by atoms with E-state index in [1.807, 2.05) is 53.1 Å². The highest BCUT2D eigenvalue weighted by Gasteiger charge is 2.52. The van der Waals surface area contributed by atoms with Crippen LogP contribution in [0.3, 0.4) is 0 Å². The molecular weight excluding hydrogens is 418 g/mol. The molecule has 5 heterocycles. The highest BCUT2D eigenvalue weighted by atomic mass is 16.5. The van der Waals surface area contributed by atoms with E-state index in [1.54, 1.807) is 6.92 Å². The molecule has 164 valence electrons. The topological polar surface area (TPSA) is 88.7 Å². The molecule has 7 nitrogen and oxygen atoms in total. The lowest BCUT2D eigenvalue weighted by atomic mass is 9.93. The standard InChI is InChI=1S/C26H21N3O4/c1-12-24(30)26(32)10-18(33-12)28-16-8-4-2-6-13(16)20-21-15(11-27-25(21)31)19-14-7-3-5-9-17(14)29(26)23(19)22(20)28/h2-9,12,18,24,30,32H,10-11H2,1H3,(H,27,31)/t12-,18-,24-,26+/m1/s1. The maximum atomic E-state index is 13.2. The Morgan fingerprint density at radius 1 is 1.03 bits per heavy atom. The monoisotopic (exact) mass is 439 g/mol. The summed E-state index contributed by atoms with van der Waals surface area (Å²) in [7, 11) is 0. The lowest BCUT2D eigenvalue weighted by molar-refractivity contribution is -0.257. The van der Waals surface area contributed by atoms with E-state index in [1.165, 1.54) is 0 Å². The third-order valence-corrected chi connectivity index (χ3v) is 7.96. The van der Waals surface area contributed by atoms with Crippen LogP contribution in [0, 0.1) is 0 Å². The van der Waals surface area contributed by atoms with E-state index >= 15 is 0 Å². The number of carbonyl (C=O) groups is 1. The van der Waals surface area contributed by atoms with Crippen molar-refractivity contribution in [1.82, 2.24) is 14.5 Å². The van der Waals surface area contributed by atoms with Crippen LogP contribution >= 0.6 is 0 Å². The number of nitrogens with one attached hydrogen (secondary N) is 1. The van der Waals surface area contributed by atoms with Crippen LogP contribution in [0.1, 0.15) is 35.5 Å². The summed E-state index contributed by atoms with van der Waals surface area (Å²) in [4.78, 5) is 13.2. The molecule has 2 aromatic heterocycles.